The van der Waals surface area contributed by atoms with Crippen LogP contribution in [0.25, 0.3) is 0 Å². The number of hydrogen-bond donors (Lipinski definition) is 2. The second-order valence-corrected chi connectivity index (χ2v) is 3.67. The molecule has 3 heteroatoms. The molecular weight excluding hydrogens is 107 g/mol. The Morgan fingerprint density at radius 2 is 2.14 bits per heavy atom. The van der Waals surface area contributed by atoms with Crippen molar-refractivity contribution < 1.29 is 0 Å². The summed E-state index contributed by atoms with van der Waals surface area (Å²) in [5.74, 6) is 0. The van der Waals surface area contributed by atoms with E-state index in [4.69, 9.17) is 11.2 Å². The van der Waals surface area contributed by atoms with E-state index in [1.807, 2.05) is 0 Å². The first-order chi connectivity index (χ1) is 3.31. The fraction of sp³-hybridized carbons (Fsp3) is 1.00. The molecule has 7 heavy (non-hydrogen) atoms. The molecule has 0 aliphatic carbocycles. The topological polar surface area (TPSA) is 52.0 Å². The standard InChI is InChI=1S/C4H13N2P/c1-2-7(6)4-3-5/h2-6H2,1H3. The Bertz CT molecular complexity index is 40.7. The van der Waals surface area contributed by atoms with Gasteiger partial charge in [0, 0.05) is 0 Å². The van der Waals surface area contributed by atoms with Gasteiger partial charge in [-0.15, -0.1) is 0 Å². The van der Waals surface area contributed by atoms with Crippen LogP contribution in [0.15, 0.2) is 0 Å². The molecule has 4 N–H and O–H groups in total. The first-order valence-electron chi connectivity index (χ1n) is 2.51. The van der Waals surface area contributed by atoms with E-state index in [-0.39, 0.29) is 8.07 Å². The van der Waals surface area contributed by atoms with Gasteiger partial charge in [0.05, 0.1) is 0 Å². The van der Waals surface area contributed by atoms with Crippen LogP contribution in [0.2, 0.25) is 0 Å². The first-order valence-corrected chi connectivity index (χ1v) is 4.29. The number of nitrogens with two attached hydrogens (primary N) is 2. The zero-order chi connectivity index (χ0) is 5.70. The average molecular weight is 120 g/mol. The average Bonchev–Trinajstić information content (AvgIpc) is 1.68. The quantitative estimate of drug-likeness (QED) is 0.527. The molecule has 0 aliphatic rings. The molecule has 1 unspecified atom stereocenters. The second kappa shape index (κ2) is 4.51. The maximum absolute atomic E-state index is 5.57. The van der Waals surface area contributed by atoms with E-state index in [2.05, 4.69) is 6.92 Å². The molecule has 0 fully saturated rings. The molecular formula is C4H13N2P. The minimum Gasteiger partial charge on any atom is -0.330 e. The molecule has 44 valence electrons. The van der Waals surface area contributed by atoms with Crippen molar-refractivity contribution in [3.8, 4) is 0 Å². The van der Waals surface area contributed by atoms with Gasteiger partial charge in [-0.3, -0.25) is 0 Å². The summed E-state index contributed by atoms with van der Waals surface area (Å²) in [5.41, 5.74) is 10.8. The van der Waals surface area contributed by atoms with E-state index < -0.39 is 0 Å². The summed E-state index contributed by atoms with van der Waals surface area (Å²) >= 11 is 0. The molecule has 0 radical (unpaired) electrons. The van der Waals surface area contributed by atoms with Crippen molar-refractivity contribution in [1.82, 2.24) is 0 Å². The van der Waals surface area contributed by atoms with Gasteiger partial charge in [-0.2, -0.15) is 0 Å². The highest BCUT2D eigenvalue weighted by molar-refractivity contribution is 7.55. The third-order valence-corrected chi connectivity index (χ3v) is 2.47. The maximum Gasteiger partial charge on any atom is -0.00261 e. The van der Waals surface area contributed by atoms with Gasteiger partial charge in [-0.05, 0) is 26.9 Å². The molecule has 0 aromatic rings. The predicted molar refractivity (Wildman–Crippen MR) is 35.6 cm³/mol. The lowest BCUT2D eigenvalue weighted by Gasteiger charge is -2.03. The summed E-state index contributed by atoms with van der Waals surface area (Å²) in [7, 11) is -0.203. The Hall–Kier alpha value is 0.350. The van der Waals surface area contributed by atoms with Crippen molar-refractivity contribution in [1.29, 1.82) is 0 Å². The smallest absolute Gasteiger partial charge is 0.00261 e. The first kappa shape index (κ1) is 7.35. The lowest BCUT2D eigenvalue weighted by atomic mass is 10.8. The van der Waals surface area contributed by atoms with Crippen LogP contribution in [0.5, 0.6) is 0 Å². The predicted octanol–water partition coefficient (Wildman–Crippen LogP) is 0.321. The molecule has 0 amide bonds. The molecule has 0 rings (SSSR count). The molecule has 0 bridgehead atoms. The van der Waals surface area contributed by atoms with Crippen molar-refractivity contribution >= 4 is 8.07 Å². The van der Waals surface area contributed by atoms with E-state index in [0.29, 0.717) is 0 Å². The van der Waals surface area contributed by atoms with Crippen LogP contribution in [-0.4, -0.2) is 18.9 Å². The SMILES string of the molecule is CCP(N)CCN. The van der Waals surface area contributed by atoms with Crippen LogP contribution in [-0.2, 0) is 0 Å². The Labute approximate surface area is 46.1 Å². The monoisotopic (exact) mass is 120 g/mol. The van der Waals surface area contributed by atoms with Gasteiger partial charge < -0.3 is 11.2 Å². The van der Waals surface area contributed by atoms with Gasteiger partial charge in [0.2, 0.25) is 0 Å². The lowest BCUT2D eigenvalue weighted by Crippen LogP contribution is -2.07. The Balaban J connectivity index is 2.83. The summed E-state index contributed by atoms with van der Waals surface area (Å²) < 4.78 is 0. The highest BCUT2D eigenvalue weighted by Crippen LogP contribution is 2.21. The van der Waals surface area contributed by atoms with Crippen molar-refractivity contribution in [3.05, 3.63) is 0 Å². The molecule has 0 aromatic carbocycles. The zero-order valence-corrected chi connectivity index (χ0v) is 5.62. The molecule has 0 saturated heterocycles. The summed E-state index contributed by atoms with van der Waals surface area (Å²) in [6.07, 6.45) is 2.12. The van der Waals surface area contributed by atoms with E-state index in [1.165, 1.54) is 0 Å². The molecule has 0 saturated carbocycles. The molecule has 0 aromatic heterocycles. The summed E-state index contributed by atoms with van der Waals surface area (Å²) in [6.45, 7) is 2.84. The third kappa shape index (κ3) is 4.20. The van der Waals surface area contributed by atoms with Crippen molar-refractivity contribution in [2.75, 3.05) is 18.9 Å². The van der Waals surface area contributed by atoms with Crippen LogP contribution in [0, 0.1) is 0 Å². The van der Waals surface area contributed by atoms with Crippen molar-refractivity contribution in [2.45, 2.75) is 6.92 Å². The molecule has 0 aliphatic heterocycles. The van der Waals surface area contributed by atoms with Crippen LogP contribution in [0.3, 0.4) is 0 Å². The summed E-state index contributed by atoms with van der Waals surface area (Å²) in [6, 6.07) is 0. The van der Waals surface area contributed by atoms with Crippen molar-refractivity contribution in [2.24, 2.45) is 11.2 Å². The summed E-state index contributed by atoms with van der Waals surface area (Å²) in [4.78, 5) is 0. The molecule has 0 spiro atoms. The number of rotatable bonds is 3. The van der Waals surface area contributed by atoms with E-state index in [9.17, 15) is 0 Å². The van der Waals surface area contributed by atoms with Gasteiger partial charge in [0.25, 0.3) is 0 Å². The highest BCUT2D eigenvalue weighted by atomic mass is 31.1. The molecule has 1 atom stereocenters. The van der Waals surface area contributed by atoms with Gasteiger partial charge in [0.1, 0.15) is 0 Å². The van der Waals surface area contributed by atoms with E-state index in [0.717, 1.165) is 18.9 Å². The number of hydrogen-bond acceptors (Lipinski definition) is 2. The largest absolute Gasteiger partial charge is 0.330 e. The second-order valence-electron chi connectivity index (χ2n) is 1.42. The van der Waals surface area contributed by atoms with Crippen LogP contribution in [0.1, 0.15) is 6.92 Å². The fourth-order valence-electron chi connectivity index (χ4n) is 0.324. The maximum atomic E-state index is 5.57. The minimum atomic E-state index is -0.203. The Morgan fingerprint density at radius 3 is 2.29 bits per heavy atom. The van der Waals surface area contributed by atoms with Gasteiger partial charge in [-0.1, -0.05) is 6.92 Å². The summed E-state index contributed by atoms with van der Waals surface area (Å²) in [5, 5.41) is 0. The van der Waals surface area contributed by atoms with Gasteiger partial charge in [-0.25, -0.2) is 0 Å². The van der Waals surface area contributed by atoms with E-state index in [1.54, 1.807) is 0 Å². The zero-order valence-electron chi connectivity index (χ0n) is 4.72. The highest BCUT2D eigenvalue weighted by Gasteiger charge is 1.92. The van der Waals surface area contributed by atoms with Crippen molar-refractivity contribution in [3.63, 3.8) is 0 Å². The molecule has 2 nitrogen and oxygen atoms in total. The minimum absolute atomic E-state index is 0.203. The third-order valence-electron chi connectivity index (χ3n) is 0.822. The van der Waals surface area contributed by atoms with Crippen LogP contribution >= 0.6 is 8.07 Å². The normalized spacial score (nSPS) is 14.1. The lowest BCUT2D eigenvalue weighted by molar-refractivity contribution is 1.13. The van der Waals surface area contributed by atoms with Crippen LogP contribution < -0.4 is 11.2 Å². The van der Waals surface area contributed by atoms with Gasteiger partial charge in [0.15, 0.2) is 0 Å². The van der Waals surface area contributed by atoms with Crippen LogP contribution in [0.4, 0.5) is 0 Å². The van der Waals surface area contributed by atoms with Gasteiger partial charge >= 0.3 is 0 Å². The van der Waals surface area contributed by atoms with E-state index >= 15 is 0 Å². The molecule has 0 heterocycles. The Kier molecular flexibility index (Phi) is 4.73. The Morgan fingerprint density at radius 1 is 1.57 bits per heavy atom. The fourth-order valence-corrected chi connectivity index (χ4v) is 0.972.